The molecule has 22 heavy (non-hydrogen) atoms. The summed E-state index contributed by atoms with van der Waals surface area (Å²) in [7, 11) is 1.54. The summed E-state index contributed by atoms with van der Waals surface area (Å²) in [6.45, 7) is 5.35. The van der Waals surface area contributed by atoms with E-state index in [9.17, 15) is 9.59 Å². The lowest BCUT2D eigenvalue weighted by Gasteiger charge is -2.28. The highest BCUT2D eigenvalue weighted by Crippen LogP contribution is 2.22. The summed E-state index contributed by atoms with van der Waals surface area (Å²) in [5.74, 6) is 0. The Morgan fingerprint density at radius 3 is 2.64 bits per heavy atom. The fourth-order valence-electron chi connectivity index (χ4n) is 2.09. The largest absolute Gasteiger partial charge is 0.444 e. The number of amides is 1. The van der Waals surface area contributed by atoms with E-state index in [1.54, 1.807) is 34.0 Å². The van der Waals surface area contributed by atoms with Crippen LogP contribution < -0.4 is 0 Å². The Kier molecular flexibility index (Phi) is 4.45. The van der Waals surface area contributed by atoms with Crippen molar-refractivity contribution in [2.45, 2.75) is 32.4 Å². The van der Waals surface area contributed by atoms with Crippen molar-refractivity contribution in [2.24, 2.45) is 0 Å². The number of carbonyl (C=O) groups is 2. The third kappa shape index (κ3) is 3.61. The van der Waals surface area contributed by atoms with Gasteiger partial charge in [-0.2, -0.15) is 0 Å². The Morgan fingerprint density at radius 1 is 1.32 bits per heavy atom. The van der Waals surface area contributed by atoms with Gasteiger partial charge in [-0.1, -0.05) is 18.2 Å². The standard InChI is InChI=1S/C17H20N2O3/c1-17(2,3)22-16(21)19(4)15(11-20)13-9-12-7-5-6-8-14(12)18-10-13/h5-11,15H,1-4H3. The van der Waals surface area contributed by atoms with Gasteiger partial charge in [-0.15, -0.1) is 0 Å². The van der Waals surface area contributed by atoms with E-state index in [2.05, 4.69) is 4.98 Å². The number of nitrogens with zero attached hydrogens (tertiary/aromatic N) is 2. The molecule has 5 nitrogen and oxygen atoms in total. The number of likely N-dealkylation sites (N-methyl/N-ethyl adjacent to an activating group) is 1. The lowest BCUT2D eigenvalue weighted by atomic mass is 10.1. The van der Waals surface area contributed by atoms with Gasteiger partial charge in [-0.3, -0.25) is 9.88 Å². The quantitative estimate of drug-likeness (QED) is 0.816. The summed E-state index contributed by atoms with van der Waals surface area (Å²) in [5.41, 5.74) is 0.887. The fourth-order valence-corrected chi connectivity index (χ4v) is 2.09. The first-order chi connectivity index (χ1) is 10.3. The predicted octanol–water partition coefficient (Wildman–Crippen LogP) is 3.34. The van der Waals surface area contributed by atoms with E-state index in [0.29, 0.717) is 5.56 Å². The molecule has 0 aliphatic heterocycles. The summed E-state index contributed by atoms with van der Waals surface area (Å²) in [6.07, 6.45) is 1.79. The van der Waals surface area contributed by atoms with Crippen molar-refractivity contribution < 1.29 is 14.3 Å². The molecule has 0 radical (unpaired) electrons. The Morgan fingerprint density at radius 2 is 2.00 bits per heavy atom. The molecule has 0 N–H and O–H groups in total. The molecule has 1 atom stereocenters. The Balaban J connectivity index is 2.29. The van der Waals surface area contributed by atoms with Crippen LogP contribution in [0.1, 0.15) is 32.4 Å². The molecule has 1 heterocycles. The SMILES string of the molecule is CN(C(=O)OC(C)(C)C)C(C=O)c1cnc2ccccc2c1. The minimum Gasteiger partial charge on any atom is -0.444 e. The number of hydrogen-bond acceptors (Lipinski definition) is 4. The van der Waals surface area contributed by atoms with Crippen molar-refractivity contribution in [3.8, 4) is 0 Å². The summed E-state index contributed by atoms with van der Waals surface area (Å²) < 4.78 is 5.30. The lowest BCUT2D eigenvalue weighted by molar-refractivity contribution is -0.112. The predicted molar refractivity (Wildman–Crippen MR) is 84.5 cm³/mol. The number of para-hydroxylation sites is 1. The van der Waals surface area contributed by atoms with E-state index < -0.39 is 17.7 Å². The van der Waals surface area contributed by atoms with E-state index in [-0.39, 0.29) is 0 Å². The smallest absolute Gasteiger partial charge is 0.410 e. The van der Waals surface area contributed by atoms with Crippen LogP contribution in [-0.4, -0.2) is 34.9 Å². The summed E-state index contributed by atoms with van der Waals surface area (Å²) in [4.78, 5) is 29.2. The van der Waals surface area contributed by atoms with Gasteiger partial charge in [0.15, 0.2) is 0 Å². The van der Waals surface area contributed by atoms with Crippen molar-refractivity contribution in [2.75, 3.05) is 7.05 Å². The summed E-state index contributed by atoms with van der Waals surface area (Å²) >= 11 is 0. The molecule has 1 unspecified atom stereocenters. The molecule has 0 spiro atoms. The van der Waals surface area contributed by atoms with Gasteiger partial charge in [0.1, 0.15) is 17.9 Å². The molecule has 5 heteroatoms. The van der Waals surface area contributed by atoms with Crippen molar-refractivity contribution in [1.82, 2.24) is 9.88 Å². The van der Waals surface area contributed by atoms with Gasteiger partial charge in [0.25, 0.3) is 0 Å². The summed E-state index contributed by atoms with van der Waals surface area (Å²) in [5, 5.41) is 0.921. The van der Waals surface area contributed by atoms with Gasteiger partial charge in [-0.05, 0) is 32.9 Å². The maximum absolute atomic E-state index is 12.1. The van der Waals surface area contributed by atoms with Gasteiger partial charge in [0.2, 0.25) is 0 Å². The van der Waals surface area contributed by atoms with Crippen LogP contribution in [0.15, 0.2) is 36.5 Å². The molecule has 0 aliphatic rings. The molecule has 0 aliphatic carbocycles. The van der Waals surface area contributed by atoms with Crippen LogP contribution in [0.2, 0.25) is 0 Å². The number of rotatable bonds is 3. The Bertz CT molecular complexity index is 692. The number of carbonyl (C=O) groups excluding carboxylic acids is 2. The average Bonchev–Trinajstić information content (AvgIpc) is 2.46. The van der Waals surface area contributed by atoms with E-state index in [0.717, 1.165) is 17.2 Å². The van der Waals surface area contributed by atoms with Crippen LogP contribution in [0, 0.1) is 0 Å². The third-order valence-corrected chi connectivity index (χ3v) is 3.18. The fraction of sp³-hybridized carbons (Fsp3) is 0.353. The highest BCUT2D eigenvalue weighted by Gasteiger charge is 2.26. The number of ether oxygens (including phenoxy) is 1. The van der Waals surface area contributed by atoms with E-state index in [4.69, 9.17) is 4.74 Å². The molecule has 1 aromatic carbocycles. The monoisotopic (exact) mass is 300 g/mol. The van der Waals surface area contributed by atoms with E-state index >= 15 is 0 Å². The minimum absolute atomic E-state index is 0.544. The number of aromatic nitrogens is 1. The lowest BCUT2D eigenvalue weighted by Crippen LogP contribution is -2.37. The van der Waals surface area contributed by atoms with Crippen LogP contribution in [0.4, 0.5) is 4.79 Å². The Labute approximate surface area is 129 Å². The first-order valence-electron chi connectivity index (χ1n) is 7.07. The average molecular weight is 300 g/mol. The number of fused-ring (bicyclic) bond motifs is 1. The van der Waals surface area contributed by atoms with Gasteiger partial charge in [0, 0.05) is 24.2 Å². The zero-order chi connectivity index (χ0) is 16.3. The maximum Gasteiger partial charge on any atom is 0.410 e. The minimum atomic E-state index is -0.730. The first kappa shape index (κ1) is 15.9. The van der Waals surface area contributed by atoms with Crippen LogP contribution in [0.3, 0.4) is 0 Å². The molecule has 1 aromatic heterocycles. The summed E-state index contributed by atoms with van der Waals surface area (Å²) in [6, 6.07) is 8.75. The molecule has 2 aromatic rings. The second kappa shape index (κ2) is 6.13. The maximum atomic E-state index is 12.1. The van der Waals surface area contributed by atoms with Crippen molar-refractivity contribution >= 4 is 23.3 Å². The molecule has 0 bridgehead atoms. The van der Waals surface area contributed by atoms with E-state index in [1.165, 1.54) is 4.90 Å². The normalized spacial score (nSPS) is 12.7. The molecular formula is C17H20N2O3. The molecule has 116 valence electrons. The molecule has 0 fully saturated rings. The van der Waals surface area contributed by atoms with Gasteiger partial charge in [0.05, 0.1) is 5.52 Å². The second-order valence-corrected chi connectivity index (χ2v) is 6.13. The number of aldehydes is 1. The van der Waals surface area contributed by atoms with Gasteiger partial charge < -0.3 is 9.53 Å². The third-order valence-electron chi connectivity index (χ3n) is 3.18. The zero-order valence-corrected chi connectivity index (χ0v) is 13.2. The first-order valence-corrected chi connectivity index (χ1v) is 7.07. The number of pyridine rings is 1. The van der Waals surface area contributed by atoms with Gasteiger partial charge >= 0.3 is 6.09 Å². The van der Waals surface area contributed by atoms with Gasteiger partial charge in [-0.25, -0.2) is 4.79 Å². The molecule has 2 rings (SSSR count). The van der Waals surface area contributed by atoms with Crippen LogP contribution in [0.25, 0.3) is 10.9 Å². The highest BCUT2D eigenvalue weighted by molar-refractivity contribution is 5.81. The van der Waals surface area contributed by atoms with Crippen molar-refractivity contribution in [3.05, 3.63) is 42.1 Å². The van der Waals surface area contributed by atoms with Crippen LogP contribution in [0.5, 0.6) is 0 Å². The topological polar surface area (TPSA) is 59.5 Å². The zero-order valence-electron chi connectivity index (χ0n) is 13.2. The van der Waals surface area contributed by atoms with E-state index in [1.807, 2.05) is 30.3 Å². The molecule has 1 amide bonds. The highest BCUT2D eigenvalue weighted by atomic mass is 16.6. The number of hydrogen-bond donors (Lipinski definition) is 0. The molecule has 0 saturated carbocycles. The van der Waals surface area contributed by atoms with Crippen LogP contribution >= 0.6 is 0 Å². The molecule has 0 saturated heterocycles. The van der Waals surface area contributed by atoms with Crippen molar-refractivity contribution in [1.29, 1.82) is 0 Å². The number of benzene rings is 1. The second-order valence-electron chi connectivity index (χ2n) is 6.13. The molecular weight excluding hydrogens is 280 g/mol. The van der Waals surface area contributed by atoms with Crippen molar-refractivity contribution in [3.63, 3.8) is 0 Å². The Hall–Kier alpha value is -2.43. The van der Waals surface area contributed by atoms with Crippen LogP contribution in [-0.2, 0) is 9.53 Å².